The van der Waals surface area contributed by atoms with Crippen LogP contribution in [0.3, 0.4) is 0 Å². The van der Waals surface area contributed by atoms with Gasteiger partial charge in [0, 0.05) is 0 Å². The third-order valence-corrected chi connectivity index (χ3v) is 6.02. The van der Waals surface area contributed by atoms with E-state index in [4.69, 9.17) is 38.6 Å². The lowest BCUT2D eigenvalue weighted by atomic mass is 10.1. The van der Waals surface area contributed by atoms with Gasteiger partial charge >= 0.3 is 23.9 Å². The second-order valence-corrected chi connectivity index (χ2v) is 8.77. The number of esters is 2. The van der Waals surface area contributed by atoms with Crippen LogP contribution in [0.15, 0.2) is 0 Å². The number of ether oxygens (including phenoxy) is 6. The zero-order valence-electron chi connectivity index (χ0n) is 20.6. The Bertz CT molecular complexity index is 899. The maximum atomic E-state index is 11.4. The Hall–Kier alpha value is -3.88. The van der Waals surface area contributed by atoms with Gasteiger partial charge in [-0.3, -0.25) is 19.2 Å². The molecule has 4 rings (SSSR count). The first-order chi connectivity index (χ1) is 18.9. The summed E-state index contributed by atoms with van der Waals surface area (Å²) in [6.07, 6.45) is -6.87. The van der Waals surface area contributed by atoms with Gasteiger partial charge in [0.05, 0.1) is 52.1 Å². The summed E-state index contributed by atoms with van der Waals surface area (Å²) in [5.41, 5.74) is 0. The Kier molecular flexibility index (Phi) is 10.7. The molecule has 224 valence electrons. The van der Waals surface area contributed by atoms with E-state index in [1.807, 2.05) is 0 Å². The Labute approximate surface area is 223 Å². The van der Waals surface area contributed by atoms with Crippen LogP contribution in [0.4, 0.5) is 0 Å². The number of nitrogens with zero attached hydrogens (tertiary/aromatic N) is 2. The van der Waals surface area contributed by atoms with E-state index < -0.39 is 82.9 Å². The lowest BCUT2D eigenvalue weighted by Crippen LogP contribution is -2.35. The topological polar surface area (TPSA) is 269 Å². The van der Waals surface area contributed by atoms with Gasteiger partial charge < -0.3 is 48.3 Å². The highest BCUT2D eigenvalue weighted by molar-refractivity contribution is 5.77. The molecule has 20 nitrogen and oxygen atoms in total. The molecule has 4 fully saturated rings. The van der Waals surface area contributed by atoms with E-state index in [1.165, 1.54) is 0 Å². The normalized spacial score (nSPS) is 31.6. The van der Waals surface area contributed by atoms with Crippen LogP contribution < -0.4 is 0 Å². The third kappa shape index (κ3) is 8.56. The lowest BCUT2D eigenvalue weighted by Gasteiger charge is -2.16. The average Bonchev–Trinajstić information content (AvgIpc) is 3.63. The summed E-state index contributed by atoms with van der Waals surface area (Å²) in [4.78, 5) is 72.9. The summed E-state index contributed by atoms with van der Waals surface area (Å²) in [5.74, 6) is -3.55. The number of rotatable bonds is 12. The Balaban J connectivity index is 0.000000220. The van der Waals surface area contributed by atoms with Gasteiger partial charge in [-0.05, 0) is 0 Å². The third-order valence-electron chi connectivity index (χ3n) is 6.02. The van der Waals surface area contributed by atoms with Gasteiger partial charge in [-0.15, -0.1) is 20.2 Å². The lowest BCUT2D eigenvalue weighted by molar-refractivity contribution is -0.769. The molecule has 40 heavy (non-hydrogen) atoms. The van der Waals surface area contributed by atoms with Crippen LogP contribution in [0, 0.1) is 20.2 Å². The molecule has 0 aromatic heterocycles. The van der Waals surface area contributed by atoms with Crippen molar-refractivity contribution in [1.29, 1.82) is 0 Å². The second-order valence-electron chi connectivity index (χ2n) is 8.77. The summed E-state index contributed by atoms with van der Waals surface area (Å²) in [7, 11) is 0. The molecule has 20 heteroatoms. The summed E-state index contributed by atoms with van der Waals surface area (Å²) in [6, 6.07) is 0. The first-order valence-electron chi connectivity index (χ1n) is 11.9. The Morgan fingerprint density at radius 1 is 0.600 bits per heavy atom. The van der Waals surface area contributed by atoms with Crippen molar-refractivity contribution in [3.63, 3.8) is 0 Å². The van der Waals surface area contributed by atoms with Gasteiger partial charge in [-0.25, -0.2) is 0 Å². The fourth-order valence-electron chi connectivity index (χ4n) is 4.34. The molecular formula is C20H26N2O18. The maximum Gasteiger partial charge on any atom is 0.306 e. The molecule has 8 atom stereocenters. The van der Waals surface area contributed by atoms with E-state index in [1.54, 1.807) is 0 Å². The molecule has 0 radical (unpaired) electrons. The zero-order valence-corrected chi connectivity index (χ0v) is 20.6. The number of hydrogen-bond donors (Lipinski definition) is 2. The summed E-state index contributed by atoms with van der Waals surface area (Å²) in [5, 5.41) is 35.6. The monoisotopic (exact) mass is 582 g/mol. The van der Waals surface area contributed by atoms with E-state index >= 15 is 0 Å². The molecule has 0 aliphatic carbocycles. The van der Waals surface area contributed by atoms with Crippen molar-refractivity contribution >= 4 is 23.9 Å². The molecule has 4 aliphatic heterocycles. The van der Waals surface area contributed by atoms with Gasteiger partial charge in [0.2, 0.25) is 0 Å². The van der Waals surface area contributed by atoms with Gasteiger partial charge in [0.1, 0.15) is 24.4 Å². The van der Waals surface area contributed by atoms with Crippen molar-refractivity contribution in [3.8, 4) is 0 Å². The molecule has 4 heterocycles. The van der Waals surface area contributed by atoms with Gasteiger partial charge in [0.15, 0.2) is 24.4 Å². The van der Waals surface area contributed by atoms with E-state index in [0.29, 0.717) is 0 Å². The predicted octanol–water partition coefficient (Wildman–Crippen LogP) is -1.72. The van der Waals surface area contributed by atoms with Crippen LogP contribution in [0.1, 0.15) is 25.7 Å². The molecule has 0 unspecified atom stereocenters. The van der Waals surface area contributed by atoms with Gasteiger partial charge in [-0.1, -0.05) is 0 Å². The quantitative estimate of drug-likeness (QED) is 0.147. The highest BCUT2D eigenvalue weighted by atomic mass is 17.0. The van der Waals surface area contributed by atoms with E-state index in [-0.39, 0.29) is 52.1 Å². The van der Waals surface area contributed by atoms with E-state index in [0.717, 1.165) is 0 Å². The molecule has 2 N–H and O–H groups in total. The first kappa shape index (κ1) is 30.7. The summed E-state index contributed by atoms with van der Waals surface area (Å²) >= 11 is 0. The number of carboxylic acid groups (broad SMARTS) is 2. The maximum absolute atomic E-state index is 11.4. The van der Waals surface area contributed by atoms with Crippen molar-refractivity contribution in [1.82, 2.24) is 0 Å². The van der Waals surface area contributed by atoms with Crippen LogP contribution in [-0.2, 0) is 57.3 Å². The molecule has 0 spiro atoms. The number of aliphatic carboxylic acids is 2. The fraction of sp³-hybridized carbons (Fsp3) is 0.800. The van der Waals surface area contributed by atoms with Crippen LogP contribution in [0.5, 0.6) is 0 Å². The van der Waals surface area contributed by atoms with Crippen molar-refractivity contribution in [2.75, 3.05) is 26.4 Å². The van der Waals surface area contributed by atoms with Crippen LogP contribution in [-0.4, -0.2) is 120 Å². The van der Waals surface area contributed by atoms with Gasteiger partial charge in [-0.2, -0.15) is 0 Å². The summed E-state index contributed by atoms with van der Waals surface area (Å²) in [6.45, 7) is 0.0103. The molecular weight excluding hydrogens is 556 g/mol. The first-order valence-corrected chi connectivity index (χ1v) is 11.9. The standard InChI is InChI=1S/2C10H13NO9/c2*12-7(13)1-2-8(14)19-5-3-17-10-6(20-11(15)16)4-18-9(5)10/h2*5-6,9-10H,1-4H2,(H,12,13)/t5-,6-,9+,10+;5-,6-,9-,10-/m01/s1. The van der Waals surface area contributed by atoms with Crippen molar-refractivity contribution in [2.45, 2.75) is 74.5 Å². The highest BCUT2D eigenvalue weighted by Gasteiger charge is 2.52. The number of hydrogen-bond acceptors (Lipinski definition) is 16. The molecule has 0 saturated carbocycles. The van der Waals surface area contributed by atoms with Crippen molar-refractivity contribution < 1.29 is 77.7 Å². The summed E-state index contributed by atoms with van der Waals surface area (Å²) < 4.78 is 31.2. The van der Waals surface area contributed by atoms with Gasteiger partial charge in [0.25, 0.3) is 10.2 Å². The molecule has 0 aromatic carbocycles. The fourth-order valence-corrected chi connectivity index (χ4v) is 4.34. The van der Waals surface area contributed by atoms with Crippen LogP contribution in [0.2, 0.25) is 0 Å². The Morgan fingerprint density at radius 2 is 0.900 bits per heavy atom. The SMILES string of the molecule is O=C(O)CCC(=O)O[C@@H]1CO[C@H]2[C@@H]1OC[C@H]2O[N+](=O)[O-].O=C(O)CCC(=O)O[C@H]1CO[C@H]2[C@@H]1OC[C@@H]2O[N+](=O)[O-]. The van der Waals surface area contributed by atoms with E-state index in [2.05, 4.69) is 9.68 Å². The molecule has 0 bridgehead atoms. The molecule has 0 amide bonds. The minimum atomic E-state index is -1.10. The number of carboxylic acids is 2. The average molecular weight is 582 g/mol. The largest absolute Gasteiger partial charge is 0.481 e. The minimum absolute atomic E-state index is 0.0283. The number of fused-ring (bicyclic) bond motifs is 2. The van der Waals surface area contributed by atoms with E-state index in [9.17, 15) is 39.4 Å². The van der Waals surface area contributed by atoms with Crippen LogP contribution >= 0.6 is 0 Å². The molecule has 4 saturated heterocycles. The minimum Gasteiger partial charge on any atom is -0.481 e. The smallest absolute Gasteiger partial charge is 0.306 e. The van der Waals surface area contributed by atoms with Crippen molar-refractivity contribution in [2.24, 2.45) is 0 Å². The van der Waals surface area contributed by atoms with Crippen molar-refractivity contribution in [3.05, 3.63) is 20.2 Å². The number of carbonyl (C=O) groups is 4. The number of carbonyl (C=O) groups excluding carboxylic acids is 2. The molecule has 0 aromatic rings. The van der Waals surface area contributed by atoms with Crippen LogP contribution in [0.25, 0.3) is 0 Å². The highest BCUT2D eigenvalue weighted by Crippen LogP contribution is 2.31. The zero-order chi connectivity index (χ0) is 29.4. The second kappa shape index (κ2) is 14.0. The molecule has 4 aliphatic rings. The predicted molar refractivity (Wildman–Crippen MR) is 116 cm³/mol. The Morgan fingerprint density at radius 3 is 1.20 bits per heavy atom.